The van der Waals surface area contributed by atoms with Crippen molar-refractivity contribution in [2.45, 2.75) is 6.42 Å². The van der Waals surface area contributed by atoms with Crippen LogP contribution in [0.15, 0.2) is 18.2 Å². The number of anilines is 2. The normalized spacial score (nSPS) is 10.6. The highest BCUT2D eigenvalue weighted by Gasteiger charge is 2.12. The number of nitrogen functional groups attached to an aromatic ring is 2. The summed E-state index contributed by atoms with van der Waals surface area (Å²) >= 11 is 12.0. The molecule has 1 heterocycles. The largest absolute Gasteiger partial charge is 0.384 e. The maximum Gasteiger partial charge on any atom is 0.150 e. The summed E-state index contributed by atoms with van der Waals surface area (Å²) in [6, 6.07) is 5.44. The van der Waals surface area contributed by atoms with Crippen LogP contribution >= 0.6 is 23.2 Å². The monoisotopic (exact) mass is 256 g/mol. The van der Waals surface area contributed by atoms with E-state index < -0.39 is 0 Å². The van der Waals surface area contributed by atoms with Gasteiger partial charge in [-0.2, -0.15) is 5.10 Å². The van der Waals surface area contributed by atoms with Crippen molar-refractivity contribution in [3.05, 3.63) is 39.4 Å². The zero-order valence-electron chi connectivity index (χ0n) is 8.30. The van der Waals surface area contributed by atoms with Gasteiger partial charge in [-0.05, 0) is 11.6 Å². The molecular weight excluding hydrogens is 247 g/mol. The SMILES string of the molecule is Nc1n[nH]c(N)c1Cc1cccc(Cl)c1Cl. The van der Waals surface area contributed by atoms with Crippen LogP contribution in [0.1, 0.15) is 11.1 Å². The molecule has 6 heteroatoms. The zero-order valence-corrected chi connectivity index (χ0v) is 9.81. The third-order valence-electron chi connectivity index (χ3n) is 2.33. The van der Waals surface area contributed by atoms with Crippen LogP contribution < -0.4 is 11.5 Å². The fourth-order valence-electron chi connectivity index (χ4n) is 1.45. The smallest absolute Gasteiger partial charge is 0.150 e. The predicted octanol–water partition coefficient (Wildman–Crippen LogP) is 2.47. The van der Waals surface area contributed by atoms with Gasteiger partial charge in [0.25, 0.3) is 0 Å². The van der Waals surface area contributed by atoms with Gasteiger partial charge in [0.05, 0.1) is 10.0 Å². The molecule has 0 saturated carbocycles. The van der Waals surface area contributed by atoms with Crippen molar-refractivity contribution in [3.8, 4) is 0 Å². The van der Waals surface area contributed by atoms with E-state index in [1.807, 2.05) is 12.1 Å². The Balaban J connectivity index is 2.38. The maximum absolute atomic E-state index is 6.07. The highest BCUT2D eigenvalue weighted by Crippen LogP contribution is 2.29. The Hall–Kier alpha value is -1.39. The summed E-state index contributed by atoms with van der Waals surface area (Å²) < 4.78 is 0. The average molecular weight is 257 g/mol. The van der Waals surface area contributed by atoms with Crippen molar-refractivity contribution >= 4 is 34.8 Å². The van der Waals surface area contributed by atoms with E-state index in [9.17, 15) is 0 Å². The molecule has 1 aromatic carbocycles. The Morgan fingerprint density at radius 1 is 1.25 bits per heavy atom. The van der Waals surface area contributed by atoms with Crippen LogP contribution in [0.5, 0.6) is 0 Å². The maximum atomic E-state index is 6.07. The number of halogens is 2. The molecule has 5 N–H and O–H groups in total. The number of hydrogen-bond donors (Lipinski definition) is 3. The molecule has 0 atom stereocenters. The second-order valence-corrected chi connectivity index (χ2v) is 4.18. The fraction of sp³-hybridized carbons (Fsp3) is 0.100. The number of aromatic amines is 1. The van der Waals surface area contributed by atoms with Gasteiger partial charge in [0.1, 0.15) is 5.82 Å². The molecular formula is C10H10Cl2N4. The Morgan fingerprint density at radius 3 is 2.62 bits per heavy atom. The molecule has 84 valence electrons. The van der Waals surface area contributed by atoms with Crippen molar-refractivity contribution in [3.63, 3.8) is 0 Å². The quantitative estimate of drug-likeness (QED) is 0.773. The second-order valence-electron chi connectivity index (χ2n) is 3.39. The van der Waals surface area contributed by atoms with Crippen molar-refractivity contribution in [2.75, 3.05) is 11.5 Å². The predicted molar refractivity (Wildman–Crippen MR) is 66.7 cm³/mol. The number of H-pyrrole nitrogens is 1. The van der Waals surface area contributed by atoms with Crippen LogP contribution in [-0.4, -0.2) is 10.2 Å². The highest BCUT2D eigenvalue weighted by atomic mass is 35.5. The van der Waals surface area contributed by atoms with Crippen LogP contribution in [-0.2, 0) is 6.42 Å². The van der Waals surface area contributed by atoms with E-state index in [1.54, 1.807) is 6.07 Å². The lowest BCUT2D eigenvalue weighted by Gasteiger charge is -2.05. The van der Waals surface area contributed by atoms with Crippen molar-refractivity contribution in [1.82, 2.24) is 10.2 Å². The molecule has 0 aliphatic carbocycles. The van der Waals surface area contributed by atoms with Crippen LogP contribution in [0.4, 0.5) is 11.6 Å². The van der Waals surface area contributed by atoms with E-state index in [4.69, 9.17) is 34.7 Å². The van der Waals surface area contributed by atoms with Crippen LogP contribution in [0.2, 0.25) is 10.0 Å². The van der Waals surface area contributed by atoms with Crippen LogP contribution in [0.25, 0.3) is 0 Å². The number of nitrogens with one attached hydrogen (secondary N) is 1. The second kappa shape index (κ2) is 4.23. The van der Waals surface area contributed by atoms with E-state index in [0.29, 0.717) is 28.1 Å². The summed E-state index contributed by atoms with van der Waals surface area (Å²) in [6.07, 6.45) is 0.507. The minimum absolute atomic E-state index is 0.383. The van der Waals surface area contributed by atoms with Gasteiger partial charge < -0.3 is 11.5 Å². The van der Waals surface area contributed by atoms with Crippen LogP contribution in [0.3, 0.4) is 0 Å². The minimum atomic E-state index is 0.383. The molecule has 4 nitrogen and oxygen atoms in total. The van der Waals surface area contributed by atoms with Crippen molar-refractivity contribution < 1.29 is 0 Å². The number of nitrogens with zero attached hydrogens (tertiary/aromatic N) is 1. The molecule has 16 heavy (non-hydrogen) atoms. The first-order valence-electron chi connectivity index (χ1n) is 4.60. The molecule has 0 radical (unpaired) electrons. The molecule has 2 aromatic rings. The van der Waals surface area contributed by atoms with E-state index in [2.05, 4.69) is 10.2 Å². The molecule has 0 spiro atoms. The molecule has 0 aliphatic rings. The standard InChI is InChI=1S/C10H10Cl2N4/c11-7-3-1-2-5(8(7)12)4-6-9(13)15-16-10(6)14/h1-3H,4H2,(H5,13,14,15,16). The topological polar surface area (TPSA) is 80.7 Å². The van der Waals surface area contributed by atoms with Crippen LogP contribution in [0, 0.1) is 0 Å². The van der Waals surface area contributed by atoms with Crippen molar-refractivity contribution in [2.24, 2.45) is 0 Å². The Kier molecular flexibility index (Phi) is 2.94. The van der Waals surface area contributed by atoms with E-state index in [1.165, 1.54) is 0 Å². The lowest BCUT2D eigenvalue weighted by atomic mass is 10.1. The van der Waals surface area contributed by atoms with E-state index in [0.717, 1.165) is 11.1 Å². The molecule has 0 fully saturated rings. The Morgan fingerprint density at radius 2 is 2.00 bits per heavy atom. The highest BCUT2D eigenvalue weighted by molar-refractivity contribution is 6.42. The van der Waals surface area contributed by atoms with Gasteiger partial charge in [-0.1, -0.05) is 35.3 Å². The molecule has 0 unspecified atom stereocenters. The molecule has 0 bridgehead atoms. The molecule has 0 saturated heterocycles. The first-order chi connectivity index (χ1) is 7.59. The summed E-state index contributed by atoms with van der Waals surface area (Å²) in [7, 11) is 0. The third-order valence-corrected chi connectivity index (χ3v) is 3.19. The van der Waals surface area contributed by atoms with Gasteiger partial charge in [-0.25, -0.2) is 0 Å². The summed E-state index contributed by atoms with van der Waals surface area (Å²) in [5.74, 6) is 0.835. The molecule has 2 rings (SSSR count). The van der Waals surface area contributed by atoms with E-state index >= 15 is 0 Å². The Bertz CT molecular complexity index is 502. The molecule has 0 amide bonds. The molecule has 1 aromatic heterocycles. The first kappa shape index (κ1) is 11.1. The zero-order chi connectivity index (χ0) is 11.7. The summed E-state index contributed by atoms with van der Waals surface area (Å²) in [6.45, 7) is 0. The van der Waals surface area contributed by atoms with E-state index in [-0.39, 0.29) is 0 Å². The fourth-order valence-corrected chi connectivity index (χ4v) is 1.84. The average Bonchev–Trinajstić information content (AvgIpc) is 2.56. The van der Waals surface area contributed by atoms with Gasteiger partial charge in [0, 0.05) is 12.0 Å². The minimum Gasteiger partial charge on any atom is -0.384 e. The van der Waals surface area contributed by atoms with Gasteiger partial charge in [0.2, 0.25) is 0 Å². The third kappa shape index (κ3) is 1.94. The van der Waals surface area contributed by atoms with Gasteiger partial charge >= 0.3 is 0 Å². The number of rotatable bonds is 2. The van der Waals surface area contributed by atoms with Gasteiger partial charge in [-0.15, -0.1) is 0 Å². The number of hydrogen-bond acceptors (Lipinski definition) is 3. The Labute approximate surface area is 103 Å². The number of benzene rings is 1. The van der Waals surface area contributed by atoms with Crippen molar-refractivity contribution in [1.29, 1.82) is 0 Å². The first-order valence-corrected chi connectivity index (χ1v) is 5.36. The summed E-state index contributed by atoms with van der Waals surface area (Å²) in [4.78, 5) is 0. The lowest BCUT2D eigenvalue weighted by molar-refractivity contribution is 1.11. The summed E-state index contributed by atoms with van der Waals surface area (Å²) in [5.41, 5.74) is 13.0. The number of aromatic nitrogens is 2. The lowest BCUT2D eigenvalue weighted by Crippen LogP contribution is -1.97. The summed E-state index contributed by atoms with van der Waals surface area (Å²) in [5, 5.41) is 7.47. The van der Waals surface area contributed by atoms with Gasteiger partial charge in [0.15, 0.2) is 5.82 Å². The van der Waals surface area contributed by atoms with Gasteiger partial charge in [-0.3, -0.25) is 5.10 Å². The number of nitrogens with two attached hydrogens (primary N) is 2. The molecule has 0 aliphatic heterocycles.